The first kappa shape index (κ1) is 14.8. The molecule has 0 fully saturated rings. The zero-order chi connectivity index (χ0) is 16.5. The number of aromatic nitrogens is 3. The molecular weight excluding hydrogens is 320 g/mol. The number of nitrogens with zero attached hydrogens (tertiary/aromatic N) is 3. The van der Waals surface area contributed by atoms with Gasteiger partial charge in [0, 0.05) is 17.1 Å². The van der Waals surface area contributed by atoms with E-state index in [9.17, 15) is 0 Å². The van der Waals surface area contributed by atoms with Crippen molar-refractivity contribution in [3.8, 4) is 5.75 Å². The molecule has 6 heteroatoms. The van der Waals surface area contributed by atoms with Crippen LogP contribution in [-0.2, 0) is 6.42 Å². The van der Waals surface area contributed by atoms with Crippen LogP contribution in [0.25, 0.3) is 21.1 Å². The summed E-state index contributed by atoms with van der Waals surface area (Å²) in [7, 11) is 1.68. The van der Waals surface area contributed by atoms with E-state index < -0.39 is 0 Å². The van der Waals surface area contributed by atoms with Gasteiger partial charge in [0.2, 0.25) is 0 Å². The largest absolute Gasteiger partial charge is 0.496 e. The highest BCUT2D eigenvalue weighted by atomic mass is 32.1. The molecule has 0 aliphatic rings. The molecule has 0 atom stereocenters. The third kappa shape index (κ3) is 2.55. The SMILES string of the molecule is CCc1cc2c(Nc3ccc4scnc4c3)ncnc2cc1OC. The predicted octanol–water partition coefficient (Wildman–Crippen LogP) is 4.55. The molecule has 0 saturated heterocycles. The summed E-state index contributed by atoms with van der Waals surface area (Å²) in [6, 6.07) is 10.2. The smallest absolute Gasteiger partial charge is 0.141 e. The first-order valence-corrected chi connectivity index (χ1v) is 8.58. The minimum atomic E-state index is 0.784. The van der Waals surface area contributed by atoms with Crippen LogP contribution in [0.2, 0.25) is 0 Å². The number of benzene rings is 2. The molecule has 2 heterocycles. The zero-order valence-corrected chi connectivity index (χ0v) is 14.2. The fourth-order valence-corrected chi connectivity index (χ4v) is 3.43. The Morgan fingerprint density at radius 3 is 2.83 bits per heavy atom. The van der Waals surface area contributed by atoms with Gasteiger partial charge >= 0.3 is 0 Å². The van der Waals surface area contributed by atoms with Crippen molar-refractivity contribution in [2.75, 3.05) is 12.4 Å². The van der Waals surface area contributed by atoms with E-state index in [1.165, 1.54) is 4.70 Å². The number of nitrogens with one attached hydrogen (secondary N) is 1. The molecule has 2 aromatic heterocycles. The Morgan fingerprint density at radius 1 is 1.08 bits per heavy atom. The number of hydrogen-bond donors (Lipinski definition) is 1. The molecular formula is C18H16N4OS. The number of rotatable bonds is 4. The van der Waals surface area contributed by atoms with Crippen molar-refractivity contribution < 1.29 is 4.74 Å². The number of hydrogen-bond acceptors (Lipinski definition) is 6. The van der Waals surface area contributed by atoms with Crippen LogP contribution >= 0.6 is 11.3 Å². The summed E-state index contributed by atoms with van der Waals surface area (Å²) in [5.41, 5.74) is 5.80. The van der Waals surface area contributed by atoms with Crippen LogP contribution < -0.4 is 10.1 Å². The Labute approximate surface area is 143 Å². The van der Waals surface area contributed by atoms with Gasteiger partial charge in [-0.1, -0.05) is 6.92 Å². The molecule has 24 heavy (non-hydrogen) atoms. The molecule has 1 N–H and O–H groups in total. The van der Waals surface area contributed by atoms with Gasteiger partial charge in [-0.25, -0.2) is 15.0 Å². The lowest BCUT2D eigenvalue weighted by Crippen LogP contribution is -1.98. The molecule has 0 bridgehead atoms. The molecule has 2 aromatic carbocycles. The average Bonchev–Trinajstić information content (AvgIpc) is 3.08. The summed E-state index contributed by atoms with van der Waals surface area (Å²) >= 11 is 1.64. The molecule has 4 aromatic rings. The summed E-state index contributed by atoms with van der Waals surface area (Å²) in [5.74, 6) is 1.64. The lowest BCUT2D eigenvalue weighted by Gasteiger charge is -2.12. The van der Waals surface area contributed by atoms with Crippen LogP contribution in [0.1, 0.15) is 12.5 Å². The van der Waals surface area contributed by atoms with Crippen molar-refractivity contribution in [3.05, 3.63) is 47.7 Å². The maximum absolute atomic E-state index is 5.45. The van der Waals surface area contributed by atoms with Crippen molar-refractivity contribution in [2.24, 2.45) is 0 Å². The Morgan fingerprint density at radius 2 is 2.00 bits per heavy atom. The number of aryl methyl sites for hydroxylation is 1. The van der Waals surface area contributed by atoms with Crippen molar-refractivity contribution in [3.63, 3.8) is 0 Å². The molecule has 0 aliphatic heterocycles. The number of fused-ring (bicyclic) bond motifs is 2. The second kappa shape index (κ2) is 6.05. The fraction of sp³-hybridized carbons (Fsp3) is 0.167. The molecule has 4 rings (SSSR count). The lowest BCUT2D eigenvalue weighted by molar-refractivity contribution is 0.410. The Kier molecular flexibility index (Phi) is 3.74. The van der Waals surface area contributed by atoms with Crippen LogP contribution in [0.4, 0.5) is 11.5 Å². The van der Waals surface area contributed by atoms with Crippen molar-refractivity contribution in [2.45, 2.75) is 13.3 Å². The van der Waals surface area contributed by atoms with E-state index in [2.05, 4.69) is 39.3 Å². The second-order valence-electron chi connectivity index (χ2n) is 5.42. The number of anilines is 2. The van der Waals surface area contributed by atoms with Crippen LogP contribution in [0.3, 0.4) is 0 Å². The second-order valence-corrected chi connectivity index (χ2v) is 6.30. The van der Waals surface area contributed by atoms with Crippen molar-refractivity contribution in [1.82, 2.24) is 15.0 Å². The van der Waals surface area contributed by atoms with E-state index in [0.29, 0.717) is 0 Å². The molecule has 120 valence electrons. The van der Waals surface area contributed by atoms with Gasteiger partial charge in [-0.2, -0.15) is 0 Å². The molecule has 0 unspecified atom stereocenters. The van der Waals surface area contributed by atoms with E-state index in [1.54, 1.807) is 24.8 Å². The number of thiazole rings is 1. The monoisotopic (exact) mass is 336 g/mol. The van der Waals surface area contributed by atoms with E-state index in [-0.39, 0.29) is 0 Å². The number of ether oxygens (including phenoxy) is 1. The first-order valence-electron chi connectivity index (χ1n) is 7.70. The average molecular weight is 336 g/mol. The van der Waals surface area contributed by atoms with E-state index >= 15 is 0 Å². The van der Waals surface area contributed by atoms with Gasteiger partial charge in [-0.15, -0.1) is 11.3 Å². The van der Waals surface area contributed by atoms with Crippen LogP contribution in [0, 0.1) is 0 Å². The summed E-state index contributed by atoms with van der Waals surface area (Å²) in [6.45, 7) is 2.11. The summed E-state index contributed by atoms with van der Waals surface area (Å²) < 4.78 is 6.63. The summed E-state index contributed by atoms with van der Waals surface area (Å²) in [5, 5.41) is 4.37. The van der Waals surface area contributed by atoms with Crippen LogP contribution in [0.5, 0.6) is 5.75 Å². The third-order valence-electron chi connectivity index (χ3n) is 4.01. The molecule has 5 nitrogen and oxygen atoms in total. The van der Waals surface area contributed by atoms with Gasteiger partial charge in [-0.05, 0) is 36.2 Å². The van der Waals surface area contributed by atoms with Crippen molar-refractivity contribution in [1.29, 1.82) is 0 Å². The van der Waals surface area contributed by atoms with E-state index in [4.69, 9.17) is 4.74 Å². The maximum Gasteiger partial charge on any atom is 0.141 e. The predicted molar refractivity (Wildman–Crippen MR) is 98.4 cm³/mol. The normalized spacial score (nSPS) is 11.1. The summed E-state index contributed by atoms with van der Waals surface area (Å²) in [6.07, 6.45) is 2.45. The minimum absolute atomic E-state index is 0.784. The third-order valence-corrected chi connectivity index (χ3v) is 4.82. The quantitative estimate of drug-likeness (QED) is 0.592. The molecule has 0 radical (unpaired) electrons. The van der Waals surface area contributed by atoms with Gasteiger partial charge in [0.05, 0.1) is 28.4 Å². The van der Waals surface area contributed by atoms with Crippen LogP contribution in [0.15, 0.2) is 42.2 Å². The number of methoxy groups -OCH3 is 1. The fourth-order valence-electron chi connectivity index (χ4n) is 2.77. The van der Waals surface area contributed by atoms with E-state index in [0.717, 1.165) is 45.7 Å². The standard InChI is InChI=1S/C18H16N4OS/c1-3-11-6-13-14(8-16(11)23-2)19-9-20-18(13)22-12-4-5-17-15(7-12)21-10-24-17/h4-10H,3H2,1-2H3,(H,19,20,22). The Hall–Kier alpha value is -2.73. The molecule has 0 amide bonds. The Bertz CT molecular complexity index is 1030. The molecule has 0 spiro atoms. The molecule has 0 saturated carbocycles. The van der Waals surface area contributed by atoms with Gasteiger partial charge in [-0.3, -0.25) is 0 Å². The topological polar surface area (TPSA) is 59.9 Å². The van der Waals surface area contributed by atoms with Gasteiger partial charge in [0.25, 0.3) is 0 Å². The van der Waals surface area contributed by atoms with Crippen molar-refractivity contribution >= 4 is 44.0 Å². The Balaban J connectivity index is 1.80. The first-order chi connectivity index (χ1) is 11.8. The molecule has 0 aliphatic carbocycles. The van der Waals surface area contributed by atoms with Gasteiger partial charge in [0.1, 0.15) is 17.9 Å². The van der Waals surface area contributed by atoms with Crippen LogP contribution in [-0.4, -0.2) is 22.1 Å². The highest BCUT2D eigenvalue weighted by molar-refractivity contribution is 7.16. The highest BCUT2D eigenvalue weighted by Gasteiger charge is 2.10. The maximum atomic E-state index is 5.45. The highest BCUT2D eigenvalue weighted by Crippen LogP contribution is 2.30. The van der Waals surface area contributed by atoms with Gasteiger partial charge < -0.3 is 10.1 Å². The van der Waals surface area contributed by atoms with Gasteiger partial charge in [0.15, 0.2) is 0 Å². The summed E-state index contributed by atoms with van der Waals surface area (Å²) in [4.78, 5) is 13.1. The lowest BCUT2D eigenvalue weighted by atomic mass is 10.1. The minimum Gasteiger partial charge on any atom is -0.496 e. The zero-order valence-electron chi connectivity index (χ0n) is 13.4. The van der Waals surface area contributed by atoms with E-state index in [1.807, 2.05) is 23.7 Å².